The Bertz CT molecular complexity index is 1280. The molecule has 0 aliphatic carbocycles. The molecule has 0 saturated carbocycles. The summed E-state index contributed by atoms with van der Waals surface area (Å²) in [4.78, 5) is 44.5. The average Bonchev–Trinajstić information content (AvgIpc) is 2.97. The number of carbonyl (C=O) groups excluding carboxylic acids is 2. The third kappa shape index (κ3) is 10.1. The molecule has 0 atom stereocenters. The minimum Gasteiger partial charge on any atom is -0.502 e. The van der Waals surface area contributed by atoms with Crippen molar-refractivity contribution in [2.24, 2.45) is 5.16 Å². The topological polar surface area (TPSA) is 134 Å². The van der Waals surface area contributed by atoms with E-state index in [1.165, 1.54) is 10.7 Å². The Morgan fingerprint density at radius 2 is 1.86 bits per heavy atom. The van der Waals surface area contributed by atoms with Gasteiger partial charge in [-0.3, -0.25) is 19.1 Å². The lowest BCUT2D eigenvalue weighted by Crippen LogP contribution is -2.41. The van der Waals surface area contributed by atoms with E-state index in [1.54, 1.807) is 12.1 Å². The second-order valence-electron chi connectivity index (χ2n) is 9.47. The molecule has 232 valence electrons. The van der Waals surface area contributed by atoms with E-state index in [4.69, 9.17) is 9.57 Å². The molecule has 0 spiro atoms. The highest BCUT2D eigenvalue weighted by molar-refractivity contribution is 5.98. The van der Waals surface area contributed by atoms with Crippen LogP contribution in [-0.2, 0) is 16.1 Å². The molecular weight excluding hydrogens is 552 g/mol. The van der Waals surface area contributed by atoms with Crippen molar-refractivity contribution in [3.8, 4) is 5.75 Å². The van der Waals surface area contributed by atoms with Crippen molar-refractivity contribution in [2.45, 2.75) is 59.4 Å². The van der Waals surface area contributed by atoms with Gasteiger partial charge in [0, 0.05) is 64.1 Å². The number of aromatic hydroxyl groups is 1. The Morgan fingerprint density at radius 1 is 1.10 bits per heavy atom. The molecule has 1 aromatic carbocycles. The Balaban J connectivity index is 2.35. The van der Waals surface area contributed by atoms with Gasteiger partial charge in [0.05, 0.1) is 5.71 Å². The number of nitrogens with zero attached hydrogens (tertiary/aromatic N) is 3. The number of hydrogen-bond acceptors (Lipinski definition) is 8. The Hall–Kier alpha value is -4.00. The van der Waals surface area contributed by atoms with E-state index in [2.05, 4.69) is 15.8 Å². The fourth-order valence-corrected chi connectivity index (χ4v) is 3.80. The summed E-state index contributed by atoms with van der Waals surface area (Å²) in [6, 6.07) is 2.90. The molecule has 42 heavy (non-hydrogen) atoms. The average molecular weight is 594 g/mol. The fraction of sp³-hybridized carbons (Fsp3) is 0.517. The number of rotatable bonds is 18. The maximum Gasteiger partial charge on any atom is 0.273 e. The van der Waals surface area contributed by atoms with Gasteiger partial charge in [-0.2, -0.15) is 0 Å². The molecule has 1 heterocycles. The third-order valence-electron chi connectivity index (χ3n) is 6.32. The van der Waals surface area contributed by atoms with E-state index in [1.807, 2.05) is 20.8 Å². The number of nitrogens with one attached hydrogen (secondary N) is 2. The first-order chi connectivity index (χ1) is 20.1. The van der Waals surface area contributed by atoms with Crippen LogP contribution in [0.25, 0.3) is 0 Å². The van der Waals surface area contributed by atoms with Crippen LogP contribution >= 0.6 is 0 Å². The van der Waals surface area contributed by atoms with Crippen molar-refractivity contribution in [1.29, 1.82) is 0 Å². The van der Waals surface area contributed by atoms with Crippen LogP contribution in [0.1, 0.15) is 79.3 Å². The van der Waals surface area contributed by atoms with Gasteiger partial charge in [0.25, 0.3) is 11.8 Å². The first-order valence-corrected chi connectivity index (χ1v) is 14.1. The van der Waals surface area contributed by atoms with E-state index in [-0.39, 0.29) is 24.3 Å². The Morgan fingerprint density at radius 3 is 2.52 bits per heavy atom. The van der Waals surface area contributed by atoms with Gasteiger partial charge in [0.1, 0.15) is 23.8 Å². The molecule has 11 nitrogen and oxygen atoms in total. The lowest BCUT2D eigenvalue weighted by Gasteiger charge is -2.26. The molecule has 2 rings (SSSR count). The smallest absolute Gasteiger partial charge is 0.273 e. The summed E-state index contributed by atoms with van der Waals surface area (Å²) in [5, 5.41) is 21.7. The van der Waals surface area contributed by atoms with Crippen molar-refractivity contribution >= 4 is 17.5 Å². The maximum atomic E-state index is 14.0. The molecule has 0 fully saturated rings. The number of ether oxygens (including phenoxy) is 1. The highest BCUT2D eigenvalue weighted by Gasteiger charge is 2.26. The second-order valence-corrected chi connectivity index (χ2v) is 9.47. The van der Waals surface area contributed by atoms with Crippen LogP contribution < -0.4 is 21.1 Å². The molecule has 13 heteroatoms. The van der Waals surface area contributed by atoms with Crippen LogP contribution in [-0.4, -0.2) is 67.3 Å². The van der Waals surface area contributed by atoms with Crippen molar-refractivity contribution in [2.75, 3.05) is 45.0 Å². The molecule has 2 amide bonds. The summed E-state index contributed by atoms with van der Waals surface area (Å²) in [5.74, 6) is -4.18. The number of oxime groups is 1. The van der Waals surface area contributed by atoms with E-state index in [0.717, 1.165) is 30.8 Å². The summed E-state index contributed by atoms with van der Waals surface area (Å²) >= 11 is 0. The molecular formula is C29H41F2N5O6. The van der Waals surface area contributed by atoms with Crippen molar-refractivity contribution < 1.29 is 33.1 Å². The number of pyridine rings is 1. The third-order valence-corrected chi connectivity index (χ3v) is 6.32. The minimum atomic E-state index is -1.07. The predicted molar refractivity (Wildman–Crippen MR) is 156 cm³/mol. The zero-order valence-electron chi connectivity index (χ0n) is 24.7. The van der Waals surface area contributed by atoms with Gasteiger partial charge in [-0.25, -0.2) is 8.78 Å². The number of carbonyl (C=O) groups is 2. The van der Waals surface area contributed by atoms with Gasteiger partial charge in [-0.1, -0.05) is 31.5 Å². The molecule has 0 saturated heterocycles. The van der Waals surface area contributed by atoms with Gasteiger partial charge >= 0.3 is 0 Å². The maximum absolute atomic E-state index is 14.0. The molecule has 1 aromatic heterocycles. The van der Waals surface area contributed by atoms with Crippen molar-refractivity contribution in [3.05, 3.63) is 63.1 Å². The summed E-state index contributed by atoms with van der Waals surface area (Å²) in [5.41, 5.74) is -1.13. The predicted octanol–water partition coefficient (Wildman–Crippen LogP) is 3.46. The summed E-state index contributed by atoms with van der Waals surface area (Å²) in [6.07, 6.45) is 4.56. The highest BCUT2D eigenvalue weighted by Crippen LogP contribution is 2.16. The lowest BCUT2D eigenvalue weighted by molar-refractivity contribution is 0.0920. The molecule has 0 aliphatic rings. The van der Waals surface area contributed by atoms with E-state index >= 15 is 0 Å². The number of unbranched alkanes of at least 4 members (excludes halogenated alkanes) is 1. The van der Waals surface area contributed by atoms with Crippen LogP contribution in [0.15, 0.2) is 34.3 Å². The zero-order chi connectivity index (χ0) is 31.1. The number of amides is 2. The monoisotopic (exact) mass is 593 g/mol. The fourth-order valence-electron chi connectivity index (χ4n) is 3.80. The van der Waals surface area contributed by atoms with Gasteiger partial charge in [0.2, 0.25) is 5.43 Å². The molecule has 0 unspecified atom stereocenters. The number of hydrogen-bond donors (Lipinski definition) is 3. The normalized spacial score (nSPS) is 11.3. The largest absolute Gasteiger partial charge is 0.502 e. The van der Waals surface area contributed by atoms with E-state index in [0.29, 0.717) is 51.7 Å². The van der Waals surface area contributed by atoms with Crippen LogP contribution in [0.4, 0.5) is 8.78 Å². The quantitative estimate of drug-likeness (QED) is 0.137. The lowest BCUT2D eigenvalue weighted by atomic mass is 10.1. The molecule has 3 N–H and O–H groups in total. The SMILES string of the molecule is CCCCO/N=C(/CC)CCN(C)n1cc(C(=O)NCc2ccc(F)cc2F)c(=O)c(O)c1C(=O)NCCCOCC. The zero-order valence-corrected chi connectivity index (χ0v) is 24.7. The van der Waals surface area contributed by atoms with Gasteiger partial charge < -0.3 is 30.3 Å². The van der Waals surface area contributed by atoms with Crippen LogP contribution in [0.2, 0.25) is 0 Å². The van der Waals surface area contributed by atoms with Crippen molar-refractivity contribution in [1.82, 2.24) is 15.3 Å². The van der Waals surface area contributed by atoms with Crippen LogP contribution in [0.5, 0.6) is 5.75 Å². The summed E-state index contributed by atoms with van der Waals surface area (Å²) in [7, 11) is 1.62. The minimum absolute atomic E-state index is 0.00186. The molecule has 0 bridgehead atoms. The Labute approximate surface area is 244 Å². The van der Waals surface area contributed by atoms with Crippen LogP contribution in [0, 0.1) is 11.6 Å². The van der Waals surface area contributed by atoms with Gasteiger partial charge in [-0.15, -0.1) is 0 Å². The van der Waals surface area contributed by atoms with Crippen molar-refractivity contribution in [3.63, 3.8) is 0 Å². The number of benzene rings is 1. The summed E-state index contributed by atoms with van der Waals surface area (Å²) in [6.45, 7) is 7.46. The van der Waals surface area contributed by atoms with Gasteiger partial charge in [-0.05, 0) is 32.3 Å². The van der Waals surface area contributed by atoms with Gasteiger partial charge in [0.15, 0.2) is 11.4 Å². The highest BCUT2D eigenvalue weighted by atomic mass is 19.1. The first kappa shape index (κ1) is 34.2. The molecule has 0 radical (unpaired) electrons. The first-order valence-electron chi connectivity index (χ1n) is 14.1. The van der Waals surface area contributed by atoms with Crippen LogP contribution in [0.3, 0.4) is 0 Å². The second kappa shape index (κ2) is 17.7. The molecule has 0 aliphatic heterocycles. The van der Waals surface area contributed by atoms with E-state index in [9.17, 15) is 28.3 Å². The standard InChI is InChI=1S/C29H41F2N5O6/c1-5-8-16-42-34-22(6-2)12-14-35(4)36-19-23(28(39)33-18-20-10-11-21(30)17-24(20)31)26(37)27(38)25(36)29(40)32-13-9-15-41-7-3/h10-11,17,19,38H,5-9,12-16,18H2,1-4H3,(H,32,40)(H,33,39)/b34-22-. The summed E-state index contributed by atoms with van der Waals surface area (Å²) < 4.78 is 33.8. The van der Waals surface area contributed by atoms with E-state index < -0.39 is 40.2 Å². The Kier molecular flexibility index (Phi) is 14.4. The molecule has 2 aromatic rings. The number of halogens is 2. The number of aromatic nitrogens is 1.